The van der Waals surface area contributed by atoms with Crippen LogP contribution in [0.1, 0.15) is 31.5 Å². The molecule has 1 aromatic heterocycles. The van der Waals surface area contributed by atoms with Crippen molar-refractivity contribution < 1.29 is 4.79 Å². The van der Waals surface area contributed by atoms with Crippen LogP contribution in [0.25, 0.3) is 0 Å². The highest BCUT2D eigenvalue weighted by Gasteiger charge is 2.08. The number of aromatic nitrogens is 1. The first kappa shape index (κ1) is 12.8. The maximum Gasteiger partial charge on any atom is 0.251 e. The van der Waals surface area contributed by atoms with Gasteiger partial charge < -0.3 is 5.32 Å². The second-order valence-corrected chi connectivity index (χ2v) is 5.58. The van der Waals surface area contributed by atoms with Crippen molar-refractivity contribution in [3.05, 3.63) is 51.0 Å². The maximum atomic E-state index is 11.9. The summed E-state index contributed by atoms with van der Waals surface area (Å²) in [7, 11) is 0. The molecule has 0 unspecified atom stereocenters. The molecular formula is C14H16N2OS. The van der Waals surface area contributed by atoms with Gasteiger partial charge in [0.2, 0.25) is 0 Å². The summed E-state index contributed by atoms with van der Waals surface area (Å²) in [4.78, 5) is 17.4. The average Bonchev–Trinajstić information content (AvgIpc) is 2.66. The molecule has 4 heteroatoms. The Balaban J connectivity index is 2.00. The van der Waals surface area contributed by atoms with Gasteiger partial charge in [-0.2, -0.15) is 0 Å². The number of aryl methyl sites for hydroxylation is 3. The van der Waals surface area contributed by atoms with Gasteiger partial charge in [-0.1, -0.05) is 17.7 Å². The highest BCUT2D eigenvalue weighted by atomic mass is 32.1. The van der Waals surface area contributed by atoms with E-state index in [4.69, 9.17) is 0 Å². The molecule has 0 atom stereocenters. The molecule has 0 aliphatic rings. The van der Waals surface area contributed by atoms with Gasteiger partial charge in [0.05, 0.1) is 17.2 Å². The first-order chi connectivity index (χ1) is 8.56. The van der Waals surface area contributed by atoms with E-state index in [1.54, 1.807) is 11.3 Å². The van der Waals surface area contributed by atoms with E-state index < -0.39 is 0 Å². The zero-order valence-corrected chi connectivity index (χ0v) is 11.6. The van der Waals surface area contributed by atoms with Gasteiger partial charge in [-0.05, 0) is 32.9 Å². The number of hydrogen-bond acceptors (Lipinski definition) is 3. The summed E-state index contributed by atoms with van der Waals surface area (Å²) in [5.74, 6) is -0.0412. The van der Waals surface area contributed by atoms with Gasteiger partial charge in [-0.3, -0.25) is 4.79 Å². The minimum Gasteiger partial charge on any atom is -0.347 e. The lowest BCUT2D eigenvalue weighted by molar-refractivity contribution is 0.0951. The molecule has 0 radical (unpaired) electrons. The number of thiazole rings is 1. The van der Waals surface area contributed by atoms with Crippen molar-refractivity contribution in [2.45, 2.75) is 27.3 Å². The van der Waals surface area contributed by atoms with Crippen LogP contribution in [-0.4, -0.2) is 10.9 Å². The van der Waals surface area contributed by atoms with Crippen LogP contribution in [0.4, 0.5) is 0 Å². The van der Waals surface area contributed by atoms with Crippen molar-refractivity contribution in [3.8, 4) is 0 Å². The van der Waals surface area contributed by atoms with Crippen LogP contribution in [-0.2, 0) is 6.54 Å². The molecule has 0 bridgehead atoms. The van der Waals surface area contributed by atoms with E-state index in [9.17, 15) is 4.79 Å². The highest BCUT2D eigenvalue weighted by Crippen LogP contribution is 2.16. The molecule has 18 heavy (non-hydrogen) atoms. The Labute approximate surface area is 111 Å². The molecule has 2 aromatic rings. The number of rotatable bonds is 3. The molecule has 0 aliphatic carbocycles. The number of nitrogens with one attached hydrogen (secondary N) is 1. The van der Waals surface area contributed by atoms with E-state index in [2.05, 4.69) is 10.3 Å². The monoisotopic (exact) mass is 260 g/mol. The lowest BCUT2D eigenvalue weighted by atomic mass is 10.1. The molecule has 1 amide bonds. The fourth-order valence-corrected chi connectivity index (χ4v) is 2.58. The zero-order chi connectivity index (χ0) is 13.1. The quantitative estimate of drug-likeness (QED) is 0.921. The number of hydrogen-bond donors (Lipinski definition) is 1. The summed E-state index contributed by atoms with van der Waals surface area (Å²) < 4.78 is 0. The minimum absolute atomic E-state index is 0.0412. The fourth-order valence-electron chi connectivity index (χ4n) is 1.71. The van der Waals surface area contributed by atoms with Gasteiger partial charge in [0.15, 0.2) is 0 Å². The van der Waals surface area contributed by atoms with Gasteiger partial charge >= 0.3 is 0 Å². The number of carbonyl (C=O) groups is 1. The van der Waals surface area contributed by atoms with Gasteiger partial charge in [-0.25, -0.2) is 4.98 Å². The molecule has 3 nitrogen and oxygen atoms in total. The van der Waals surface area contributed by atoms with Gasteiger partial charge in [-0.15, -0.1) is 11.3 Å². The molecule has 2 rings (SSSR count). The smallest absolute Gasteiger partial charge is 0.251 e. The predicted molar refractivity (Wildman–Crippen MR) is 73.9 cm³/mol. The highest BCUT2D eigenvalue weighted by molar-refractivity contribution is 7.11. The van der Waals surface area contributed by atoms with Gasteiger partial charge in [0.25, 0.3) is 5.91 Å². The Morgan fingerprint density at radius 1 is 1.22 bits per heavy atom. The van der Waals surface area contributed by atoms with Crippen LogP contribution in [0.2, 0.25) is 0 Å². The normalized spacial score (nSPS) is 10.4. The van der Waals surface area contributed by atoms with Crippen molar-refractivity contribution in [1.82, 2.24) is 10.3 Å². The lowest BCUT2D eigenvalue weighted by Gasteiger charge is -2.04. The van der Waals surface area contributed by atoms with Crippen LogP contribution in [0.15, 0.2) is 24.3 Å². The first-order valence-electron chi connectivity index (χ1n) is 5.84. The van der Waals surface area contributed by atoms with E-state index in [-0.39, 0.29) is 5.91 Å². The molecule has 0 saturated heterocycles. The van der Waals surface area contributed by atoms with Crippen LogP contribution < -0.4 is 5.32 Å². The van der Waals surface area contributed by atoms with E-state index in [1.165, 1.54) is 0 Å². The predicted octanol–water partition coefficient (Wildman–Crippen LogP) is 3.00. The van der Waals surface area contributed by atoms with Crippen molar-refractivity contribution >= 4 is 17.2 Å². The summed E-state index contributed by atoms with van der Waals surface area (Å²) in [5.41, 5.74) is 2.85. The average molecular weight is 260 g/mol. The van der Waals surface area contributed by atoms with Gasteiger partial charge in [0, 0.05) is 10.4 Å². The molecule has 0 saturated carbocycles. The van der Waals surface area contributed by atoms with Crippen LogP contribution in [0.3, 0.4) is 0 Å². The first-order valence-corrected chi connectivity index (χ1v) is 6.65. The van der Waals surface area contributed by atoms with Crippen molar-refractivity contribution in [2.75, 3.05) is 0 Å². The molecule has 94 valence electrons. The molecule has 0 fully saturated rings. The van der Waals surface area contributed by atoms with Crippen LogP contribution in [0.5, 0.6) is 0 Å². The zero-order valence-electron chi connectivity index (χ0n) is 10.8. The summed E-state index contributed by atoms with van der Waals surface area (Å²) in [6.45, 7) is 6.50. The van der Waals surface area contributed by atoms with E-state index in [0.717, 1.165) is 21.1 Å². The topological polar surface area (TPSA) is 42.0 Å². The van der Waals surface area contributed by atoms with Gasteiger partial charge in [0.1, 0.15) is 0 Å². The number of nitrogens with zero attached hydrogens (tertiary/aromatic N) is 1. The van der Waals surface area contributed by atoms with Crippen molar-refractivity contribution in [1.29, 1.82) is 0 Å². The Morgan fingerprint density at radius 3 is 2.44 bits per heavy atom. The SMILES string of the molecule is Cc1ccc(C(=O)NCc2sc(C)nc2C)cc1. The molecule has 1 heterocycles. The minimum atomic E-state index is -0.0412. The van der Waals surface area contributed by atoms with Crippen LogP contribution in [0, 0.1) is 20.8 Å². The Hall–Kier alpha value is -1.68. The third-order valence-electron chi connectivity index (χ3n) is 2.72. The fraction of sp³-hybridized carbons (Fsp3) is 0.286. The lowest BCUT2D eigenvalue weighted by Crippen LogP contribution is -2.22. The Bertz CT molecular complexity index is 558. The van der Waals surface area contributed by atoms with E-state index in [0.29, 0.717) is 12.1 Å². The Morgan fingerprint density at radius 2 is 1.89 bits per heavy atom. The molecule has 1 aromatic carbocycles. The summed E-state index contributed by atoms with van der Waals surface area (Å²) in [6, 6.07) is 7.57. The number of benzene rings is 1. The largest absolute Gasteiger partial charge is 0.347 e. The third kappa shape index (κ3) is 2.96. The molecule has 0 aliphatic heterocycles. The summed E-state index contributed by atoms with van der Waals surface area (Å²) in [5, 5.41) is 3.95. The summed E-state index contributed by atoms with van der Waals surface area (Å²) >= 11 is 1.63. The second-order valence-electron chi connectivity index (χ2n) is 4.29. The molecule has 1 N–H and O–H groups in total. The van der Waals surface area contributed by atoms with Crippen LogP contribution >= 0.6 is 11.3 Å². The van der Waals surface area contributed by atoms with E-state index in [1.807, 2.05) is 45.0 Å². The maximum absolute atomic E-state index is 11.9. The van der Waals surface area contributed by atoms with E-state index >= 15 is 0 Å². The van der Waals surface area contributed by atoms with Crippen molar-refractivity contribution in [2.24, 2.45) is 0 Å². The Kier molecular flexibility index (Phi) is 3.77. The number of amides is 1. The number of carbonyl (C=O) groups excluding carboxylic acids is 1. The molecular weight excluding hydrogens is 244 g/mol. The summed E-state index contributed by atoms with van der Waals surface area (Å²) in [6.07, 6.45) is 0. The third-order valence-corrected chi connectivity index (χ3v) is 3.80. The molecule has 0 spiro atoms. The second kappa shape index (κ2) is 5.31. The standard InChI is InChI=1S/C14H16N2OS/c1-9-4-6-12(7-5-9)14(17)15-8-13-10(2)16-11(3)18-13/h4-7H,8H2,1-3H3,(H,15,17). The van der Waals surface area contributed by atoms with Crippen molar-refractivity contribution in [3.63, 3.8) is 0 Å².